The molecule has 3 unspecified atom stereocenters. The van der Waals surface area contributed by atoms with Gasteiger partial charge in [0.2, 0.25) is 11.8 Å². The topological polar surface area (TPSA) is 179 Å². The maximum absolute atomic E-state index is 12.3. The summed E-state index contributed by atoms with van der Waals surface area (Å²) in [5.74, 6) is -4.69. The first kappa shape index (κ1) is 22.9. The third kappa shape index (κ3) is 7.23. The number of aromatic hydroxyl groups is 1. The molecule has 28 heavy (non-hydrogen) atoms. The molecular formula is C18H25N3O7. The van der Waals surface area contributed by atoms with Crippen molar-refractivity contribution in [2.45, 2.75) is 44.8 Å². The number of nitrogens with two attached hydrogens (primary N) is 1. The molecule has 0 saturated heterocycles. The van der Waals surface area contributed by atoms with Gasteiger partial charge in [-0.3, -0.25) is 14.4 Å². The number of phenolic OH excluding ortho intramolecular Hbond substituents is 1. The van der Waals surface area contributed by atoms with Crippen molar-refractivity contribution >= 4 is 23.8 Å². The second kappa shape index (κ2) is 10.3. The number of carboxylic acids is 2. The van der Waals surface area contributed by atoms with Gasteiger partial charge in [-0.2, -0.15) is 0 Å². The third-order valence-electron chi connectivity index (χ3n) is 3.97. The van der Waals surface area contributed by atoms with E-state index in [1.165, 1.54) is 12.1 Å². The van der Waals surface area contributed by atoms with Crippen LogP contribution in [-0.2, 0) is 25.6 Å². The van der Waals surface area contributed by atoms with E-state index in [1.807, 2.05) is 0 Å². The molecule has 1 aromatic carbocycles. The normalized spacial score (nSPS) is 14.0. The molecular weight excluding hydrogens is 370 g/mol. The van der Waals surface area contributed by atoms with Gasteiger partial charge in [0.1, 0.15) is 17.8 Å². The molecule has 0 aliphatic carbocycles. The van der Waals surface area contributed by atoms with Crippen LogP contribution in [0.1, 0.15) is 25.8 Å². The zero-order chi connectivity index (χ0) is 21.4. The highest BCUT2D eigenvalue weighted by atomic mass is 16.4. The fourth-order valence-corrected chi connectivity index (χ4v) is 2.41. The van der Waals surface area contributed by atoms with Gasteiger partial charge in [-0.15, -0.1) is 0 Å². The Labute approximate surface area is 161 Å². The van der Waals surface area contributed by atoms with Crippen molar-refractivity contribution < 1.29 is 34.5 Å². The number of nitrogens with one attached hydrogen (secondary N) is 2. The SMILES string of the molecule is CC(C)C(NC(=O)C(CC(=O)O)NC(=O)C(N)Cc1ccc(O)cc1)C(=O)O. The molecule has 0 bridgehead atoms. The maximum atomic E-state index is 12.3. The third-order valence-corrected chi connectivity index (χ3v) is 3.97. The van der Waals surface area contributed by atoms with Crippen molar-refractivity contribution in [3.63, 3.8) is 0 Å². The molecule has 0 aliphatic heterocycles. The molecule has 1 aromatic rings. The maximum Gasteiger partial charge on any atom is 0.326 e. The number of rotatable bonds is 10. The zero-order valence-corrected chi connectivity index (χ0v) is 15.6. The quantitative estimate of drug-likeness (QED) is 0.305. The number of aliphatic carboxylic acids is 2. The number of amides is 2. The standard InChI is InChI=1S/C18H25N3O7/c1-9(2)15(18(27)28)21-17(26)13(8-14(23)24)20-16(25)12(19)7-10-3-5-11(22)6-4-10/h3-6,9,12-13,15,22H,7-8,19H2,1-2H3,(H,20,25)(H,21,26)(H,23,24)(H,27,28). The van der Waals surface area contributed by atoms with Crippen molar-refractivity contribution in [3.05, 3.63) is 29.8 Å². The molecule has 7 N–H and O–H groups in total. The van der Waals surface area contributed by atoms with E-state index in [2.05, 4.69) is 10.6 Å². The van der Waals surface area contributed by atoms with Crippen LogP contribution >= 0.6 is 0 Å². The highest BCUT2D eigenvalue weighted by molar-refractivity contribution is 5.94. The number of carboxylic acid groups (broad SMARTS) is 2. The molecule has 154 valence electrons. The molecule has 10 nitrogen and oxygen atoms in total. The van der Waals surface area contributed by atoms with Crippen LogP contribution in [0.25, 0.3) is 0 Å². The lowest BCUT2D eigenvalue weighted by Crippen LogP contribution is -2.56. The zero-order valence-electron chi connectivity index (χ0n) is 15.6. The Morgan fingerprint density at radius 2 is 1.57 bits per heavy atom. The smallest absolute Gasteiger partial charge is 0.326 e. The van der Waals surface area contributed by atoms with E-state index in [0.717, 1.165) is 0 Å². The van der Waals surface area contributed by atoms with Crippen LogP contribution in [-0.4, -0.2) is 57.2 Å². The second-order valence-corrected chi connectivity index (χ2v) is 6.70. The number of carbonyl (C=O) groups is 4. The van der Waals surface area contributed by atoms with Gasteiger partial charge in [-0.1, -0.05) is 26.0 Å². The molecule has 0 spiro atoms. The first-order chi connectivity index (χ1) is 13.0. The summed E-state index contributed by atoms with van der Waals surface area (Å²) in [6.45, 7) is 3.16. The van der Waals surface area contributed by atoms with Crippen LogP contribution < -0.4 is 16.4 Å². The number of benzene rings is 1. The van der Waals surface area contributed by atoms with Gasteiger partial charge in [0.25, 0.3) is 0 Å². The summed E-state index contributed by atoms with van der Waals surface area (Å²) >= 11 is 0. The van der Waals surface area contributed by atoms with Gasteiger partial charge in [-0.05, 0) is 30.0 Å². The summed E-state index contributed by atoms with van der Waals surface area (Å²) in [5.41, 5.74) is 6.47. The molecule has 0 fully saturated rings. The van der Waals surface area contributed by atoms with Gasteiger partial charge in [0.15, 0.2) is 0 Å². The molecule has 10 heteroatoms. The molecule has 0 aliphatic rings. The molecule has 0 aromatic heterocycles. The number of hydrogen-bond donors (Lipinski definition) is 6. The lowest BCUT2D eigenvalue weighted by atomic mass is 10.0. The first-order valence-corrected chi connectivity index (χ1v) is 8.60. The molecule has 3 atom stereocenters. The Morgan fingerprint density at radius 3 is 2.04 bits per heavy atom. The minimum atomic E-state index is -1.48. The highest BCUT2D eigenvalue weighted by Crippen LogP contribution is 2.11. The summed E-state index contributed by atoms with van der Waals surface area (Å²) in [5, 5.41) is 31.9. The lowest BCUT2D eigenvalue weighted by Gasteiger charge is -2.23. The largest absolute Gasteiger partial charge is 0.508 e. The molecule has 1 rings (SSSR count). The Kier molecular flexibility index (Phi) is 8.39. The van der Waals surface area contributed by atoms with Gasteiger partial charge in [0.05, 0.1) is 12.5 Å². The fraction of sp³-hybridized carbons (Fsp3) is 0.444. The minimum Gasteiger partial charge on any atom is -0.508 e. The monoisotopic (exact) mass is 395 g/mol. The molecule has 2 amide bonds. The van der Waals surface area contributed by atoms with E-state index < -0.39 is 54.2 Å². The van der Waals surface area contributed by atoms with Crippen molar-refractivity contribution in [1.82, 2.24) is 10.6 Å². The van der Waals surface area contributed by atoms with Crippen molar-refractivity contribution in [2.75, 3.05) is 0 Å². The summed E-state index contributed by atoms with van der Waals surface area (Å²) in [6.07, 6.45) is -0.634. The summed E-state index contributed by atoms with van der Waals surface area (Å²) in [4.78, 5) is 46.9. The fourth-order valence-electron chi connectivity index (χ4n) is 2.41. The average Bonchev–Trinajstić information content (AvgIpc) is 2.59. The van der Waals surface area contributed by atoms with Crippen molar-refractivity contribution in [1.29, 1.82) is 0 Å². The van der Waals surface area contributed by atoms with E-state index in [1.54, 1.807) is 26.0 Å². The van der Waals surface area contributed by atoms with Gasteiger partial charge < -0.3 is 31.7 Å². The second-order valence-electron chi connectivity index (χ2n) is 6.70. The average molecular weight is 395 g/mol. The van der Waals surface area contributed by atoms with E-state index >= 15 is 0 Å². The lowest BCUT2D eigenvalue weighted by molar-refractivity contribution is -0.144. The van der Waals surface area contributed by atoms with E-state index in [9.17, 15) is 24.3 Å². The summed E-state index contributed by atoms with van der Waals surface area (Å²) in [7, 11) is 0. The van der Waals surface area contributed by atoms with Crippen molar-refractivity contribution in [3.8, 4) is 5.75 Å². The Balaban J connectivity index is 2.81. The predicted octanol–water partition coefficient (Wildman–Crippen LogP) is -0.553. The van der Waals surface area contributed by atoms with Crippen LogP contribution in [0.2, 0.25) is 0 Å². The summed E-state index contributed by atoms with van der Waals surface area (Å²) in [6, 6.07) is 2.22. The van der Waals surface area contributed by atoms with Gasteiger partial charge in [0, 0.05) is 0 Å². The molecule has 0 radical (unpaired) electrons. The van der Waals surface area contributed by atoms with Crippen molar-refractivity contribution in [2.24, 2.45) is 11.7 Å². The van der Waals surface area contributed by atoms with Gasteiger partial charge in [-0.25, -0.2) is 4.79 Å². The Bertz CT molecular complexity index is 718. The first-order valence-electron chi connectivity index (χ1n) is 8.60. The number of hydrogen-bond acceptors (Lipinski definition) is 6. The minimum absolute atomic E-state index is 0.0538. The number of phenols is 1. The Morgan fingerprint density at radius 1 is 1.00 bits per heavy atom. The van der Waals surface area contributed by atoms with E-state index in [4.69, 9.17) is 15.9 Å². The molecule has 0 heterocycles. The van der Waals surface area contributed by atoms with Crippen LogP contribution in [0.5, 0.6) is 5.75 Å². The van der Waals surface area contributed by atoms with E-state index in [-0.39, 0.29) is 12.2 Å². The summed E-state index contributed by atoms with van der Waals surface area (Å²) < 4.78 is 0. The van der Waals surface area contributed by atoms with Crippen LogP contribution in [0.15, 0.2) is 24.3 Å². The molecule has 0 saturated carbocycles. The van der Waals surface area contributed by atoms with E-state index in [0.29, 0.717) is 5.56 Å². The predicted molar refractivity (Wildman–Crippen MR) is 98.4 cm³/mol. The van der Waals surface area contributed by atoms with Crippen LogP contribution in [0, 0.1) is 5.92 Å². The highest BCUT2D eigenvalue weighted by Gasteiger charge is 2.30. The Hall–Kier alpha value is -3.14. The van der Waals surface area contributed by atoms with Crippen LogP contribution in [0.3, 0.4) is 0 Å². The van der Waals surface area contributed by atoms with Gasteiger partial charge >= 0.3 is 11.9 Å². The number of carbonyl (C=O) groups excluding carboxylic acids is 2. The van der Waals surface area contributed by atoms with Crippen LogP contribution in [0.4, 0.5) is 0 Å².